The van der Waals surface area contributed by atoms with Crippen LogP contribution < -0.4 is 10.6 Å². The second-order valence-corrected chi connectivity index (χ2v) is 4.20. The minimum atomic E-state index is -4.56. The molecule has 1 aromatic carbocycles. The molecule has 2 amide bonds. The zero-order valence-corrected chi connectivity index (χ0v) is 10.9. The van der Waals surface area contributed by atoms with E-state index in [2.05, 4.69) is 5.32 Å². The first-order chi connectivity index (χ1) is 9.65. The molecule has 0 fully saturated rings. The number of aliphatic hydroxyl groups excluding tert-OH is 1. The lowest BCUT2D eigenvalue weighted by atomic mass is 10.1. The number of urea groups is 1. The zero-order valence-electron chi connectivity index (χ0n) is 10.9. The van der Waals surface area contributed by atoms with Gasteiger partial charge in [-0.1, -0.05) is 6.07 Å². The molecule has 0 heterocycles. The van der Waals surface area contributed by atoms with Crippen molar-refractivity contribution in [1.82, 2.24) is 5.32 Å². The van der Waals surface area contributed by atoms with E-state index in [0.29, 0.717) is 0 Å². The van der Waals surface area contributed by atoms with E-state index < -0.39 is 36.4 Å². The Kier molecular flexibility index (Phi) is 5.14. The van der Waals surface area contributed by atoms with Crippen LogP contribution >= 0.6 is 0 Å². The number of carboxylic acid groups (broad SMARTS) is 1. The Morgan fingerprint density at radius 1 is 1.33 bits per heavy atom. The Hall–Kier alpha value is -2.29. The van der Waals surface area contributed by atoms with Crippen LogP contribution in [0.3, 0.4) is 0 Å². The average molecular weight is 306 g/mol. The molecule has 0 unspecified atom stereocenters. The minimum absolute atomic E-state index is 0.00720. The fourth-order valence-electron chi connectivity index (χ4n) is 1.52. The Labute approximate surface area is 117 Å². The van der Waals surface area contributed by atoms with Gasteiger partial charge >= 0.3 is 18.2 Å². The van der Waals surface area contributed by atoms with Crippen LogP contribution in [0, 0.1) is 6.92 Å². The molecule has 9 heteroatoms. The second kappa shape index (κ2) is 6.44. The summed E-state index contributed by atoms with van der Waals surface area (Å²) in [6.07, 6.45) is -4.56. The maximum absolute atomic E-state index is 12.7. The number of hydrogen-bond acceptors (Lipinski definition) is 3. The number of benzene rings is 1. The molecule has 21 heavy (non-hydrogen) atoms. The van der Waals surface area contributed by atoms with Gasteiger partial charge in [0.05, 0.1) is 12.2 Å². The lowest BCUT2D eigenvalue weighted by molar-refractivity contribution is -0.140. The number of halogens is 3. The highest BCUT2D eigenvalue weighted by Crippen LogP contribution is 2.33. The summed E-state index contributed by atoms with van der Waals surface area (Å²) < 4.78 is 38.1. The van der Waals surface area contributed by atoms with Crippen LogP contribution in [0.25, 0.3) is 0 Å². The largest absolute Gasteiger partial charge is 0.480 e. The zero-order chi connectivity index (χ0) is 16.2. The van der Waals surface area contributed by atoms with Gasteiger partial charge < -0.3 is 20.8 Å². The summed E-state index contributed by atoms with van der Waals surface area (Å²) in [6, 6.07) is 0.591. The van der Waals surface area contributed by atoms with Crippen molar-refractivity contribution in [2.75, 3.05) is 11.9 Å². The molecule has 6 nitrogen and oxygen atoms in total. The minimum Gasteiger partial charge on any atom is -0.480 e. The molecule has 0 bridgehead atoms. The highest BCUT2D eigenvalue weighted by Gasteiger charge is 2.32. The Morgan fingerprint density at radius 3 is 2.43 bits per heavy atom. The number of hydrogen-bond donors (Lipinski definition) is 4. The molecule has 1 atom stereocenters. The van der Waals surface area contributed by atoms with Crippen molar-refractivity contribution < 1.29 is 33.0 Å². The lowest BCUT2D eigenvalue weighted by Crippen LogP contribution is -2.45. The van der Waals surface area contributed by atoms with Gasteiger partial charge in [-0.15, -0.1) is 0 Å². The molecule has 0 saturated carbocycles. The molecule has 0 spiro atoms. The van der Waals surface area contributed by atoms with Crippen molar-refractivity contribution in [2.45, 2.75) is 19.1 Å². The van der Waals surface area contributed by atoms with Crippen LogP contribution in [0.2, 0.25) is 0 Å². The van der Waals surface area contributed by atoms with Crippen LogP contribution in [-0.4, -0.2) is 34.9 Å². The van der Waals surface area contributed by atoms with E-state index in [-0.39, 0.29) is 11.3 Å². The monoisotopic (exact) mass is 306 g/mol. The van der Waals surface area contributed by atoms with E-state index in [0.717, 1.165) is 6.07 Å². The fraction of sp³-hybridized carbons (Fsp3) is 0.333. The maximum Gasteiger partial charge on any atom is 0.416 e. The van der Waals surface area contributed by atoms with E-state index in [1.807, 2.05) is 5.32 Å². The normalized spacial score (nSPS) is 12.6. The molecule has 0 saturated heterocycles. The van der Waals surface area contributed by atoms with Crippen LogP contribution in [0.15, 0.2) is 18.2 Å². The third-order valence-corrected chi connectivity index (χ3v) is 2.59. The third-order valence-electron chi connectivity index (χ3n) is 2.59. The molecule has 0 aliphatic carbocycles. The van der Waals surface area contributed by atoms with E-state index in [1.165, 1.54) is 19.1 Å². The van der Waals surface area contributed by atoms with Crippen LogP contribution in [-0.2, 0) is 11.0 Å². The van der Waals surface area contributed by atoms with E-state index in [4.69, 9.17) is 10.2 Å². The van der Waals surface area contributed by atoms with Gasteiger partial charge in [-0.25, -0.2) is 9.59 Å². The van der Waals surface area contributed by atoms with Gasteiger partial charge in [0.2, 0.25) is 0 Å². The van der Waals surface area contributed by atoms with Crippen molar-refractivity contribution in [3.8, 4) is 0 Å². The number of aryl methyl sites for hydroxylation is 1. The number of rotatable bonds is 4. The van der Waals surface area contributed by atoms with Gasteiger partial charge in [-0.2, -0.15) is 13.2 Å². The summed E-state index contributed by atoms with van der Waals surface area (Å²) in [5, 5.41) is 21.3. The Balaban J connectivity index is 2.84. The molecular formula is C12H13F3N2O4. The number of amides is 2. The first-order valence-electron chi connectivity index (χ1n) is 5.74. The predicted octanol–water partition coefficient (Wildman–Crippen LogP) is 1.58. The van der Waals surface area contributed by atoms with Gasteiger partial charge in [-0.3, -0.25) is 0 Å². The number of aliphatic hydroxyl groups is 1. The average Bonchev–Trinajstić information content (AvgIpc) is 2.36. The van der Waals surface area contributed by atoms with Gasteiger partial charge in [0, 0.05) is 5.69 Å². The molecule has 0 aliphatic rings. The first kappa shape index (κ1) is 16.8. The molecule has 0 aromatic heterocycles. The number of alkyl halides is 3. The number of carbonyl (C=O) groups is 2. The predicted molar refractivity (Wildman–Crippen MR) is 66.8 cm³/mol. The van der Waals surface area contributed by atoms with E-state index in [1.54, 1.807) is 0 Å². The summed E-state index contributed by atoms with van der Waals surface area (Å²) in [5.41, 5.74) is -1.06. The second-order valence-electron chi connectivity index (χ2n) is 4.20. The summed E-state index contributed by atoms with van der Waals surface area (Å²) in [5.74, 6) is -1.47. The Morgan fingerprint density at radius 2 is 1.95 bits per heavy atom. The quantitative estimate of drug-likeness (QED) is 0.679. The van der Waals surface area contributed by atoms with Crippen molar-refractivity contribution in [2.24, 2.45) is 0 Å². The highest BCUT2D eigenvalue weighted by atomic mass is 19.4. The van der Waals surface area contributed by atoms with Gasteiger partial charge in [0.1, 0.15) is 0 Å². The Bertz CT molecular complexity index is 546. The lowest BCUT2D eigenvalue weighted by Gasteiger charge is -2.15. The molecule has 4 N–H and O–H groups in total. The van der Waals surface area contributed by atoms with E-state index in [9.17, 15) is 22.8 Å². The van der Waals surface area contributed by atoms with Gasteiger partial charge in [0.25, 0.3) is 0 Å². The fourth-order valence-corrected chi connectivity index (χ4v) is 1.52. The van der Waals surface area contributed by atoms with E-state index >= 15 is 0 Å². The molecule has 1 rings (SSSR count). The first-order valence-corrected chi connectivity index (χ1v) is 5.74. The number of nitrogens with one attached hydrogen (secondary N) is 2. The van der Waals surface area contributed by atoms with Gasteiger partial charge in [0.15, 0.2) is 6.04 Å². The summed E-state index contributed by atoms with van der Waals surface area (Å²) >= 11 is 0. The van der Waals surface area contributed by atoms with Gasteiger partial charge in [-0.05, 0) is 24.6 Å². The molecular weight excluding hydrogens is 293 g/mol. The van der Waals surface area contributed by atoms with Crippen molar-refractivity contribution in [3.63, 3.8) is 0 Å². The molecule has 0 radical (unpaired) electrons. The third kappa shape index (κ3) is 4.63. The van der Waals surface area contributed by atoms with Crippen LogP contribution in [0.4, 0.5) is 23.7 Å². The summed E-state index contributed by atoms with van der Waals surface area (Å²) in [4.78, 5) is 22.1. The van der Waals surface area contributed by atoms with Crippen molar-refractivity contribution in [1.29, 1.82) is 0 Å². The number of aliphatic carboxylic acids is 1. The standard InChI is InChI=1S/C12H13F3N2O4/c1-6-2-3-7(4-8(6)12(13,14)15)16-11(21)17-9(5-18)10(19)20/h2-4,9,18H,5H2,1H3,(H,19,20)(H2,16,17,21)/t9-/m0/s1. The van der Waals surface area contributed by atoms with Crippen molar-refractivity contribution >= 4 is 17.7 Å². The van der Waals surface area contributed by atoms with Crippen molar-refractivity contribution in [3.05, 3.63) is 29.3 Å². The molecule has 1 aromatic rings. The summed E-state index contributed by atoms with van der Waals surface area (Å²) in [7, 11) is 0. The SMILES string of the molecule is Cc1ccc(NC(=O)N[C@@H](CO)C(=O)O)cc1C(F)(F)F. The molecule has 0 aliphatic heterocycles. The topological polar surface area (TPSA) is 98.7 Å². The number of carbonyl (C=O) groups excluding carboxylic acids is 1. The molecule has 116 valence electrons. The number of carboxylic acids is 1. The smallest absolute Gasteiger partial charge is 0.416 e. The van der Waals surface area contributed by atoms with Crippen LogP contribution in [0.1, 0.15) is 11.1 Å². The summed E-state index contributed by atoms with van der Waals surface area (Å²) in [6.45, 7) is 0.434. The maximum atomic E-state index is 12.7. The van der Waals surface area contributed by atoms with Crippen LogP contribution in [0.5, 0.6) is 0 Å². The number of anilines is 1. The highest BCUT2D eigenvalue weighted by molar-refractivity contribution is 5.92.